The maximum atomic E-state index is 11.6. The summed E-state index contributed by atoms with van der Waals surface area (Å²) in [6.45, 7) is 5.87. The normalized spacial score (nSPS) is 13.7. The average molecular weight is 299 g/mol. The Morgan fingerprint density at radius 3 is 2.85 bits per heavy atom. The molecule has 1 aromatic heterocycles. The van der Waals surface area contributed by atoms with Crippen LogP contribution < -0.4 is 5.32 Å². The number of hydrogen-bond donors (Lipinski definition) is 2. The molecule has 0 saturated heterocycles. The Labute approximate surface area is 123 Å². The standard InChI is InChI=1S/C13H21N3O3S/c1-5-19-11(17)10-6-14-12(16-9(10)2)15-7-13(3,18)8-20-4/h6,18H,5,7-8H2,1-4H3,(H,14,15,16). The Bertz CT molecular complexity index is 466. The van der Waals surface area contributed by atoms with E-state index < -0.39 is 11.6 Å². The third-order valence-electron chi connectivity index (χ3n) is 2.56. The van der Waals surface area contributed by atoms with E-state index in [0.29, 0.717) is 36.1 Å². The molecule has 1 unspecified atom stereocenters. The molecule has 0 aromatic carbocycles. The number of aromatic nitrogens is 2. The molecule has 2 N–H and O–H groups in total. The minimum atomic E-state index is -0.837. The highest BCUT2D eigenvalue weighted by Gasteiger charge is 2.20. The lowest BCUT2D eigenvalue weighted by molar-refractivity contribution is 0.0524. The van der Waals surface area contributed by atoms with Crippen LogP contribution in [0.1, 0.15) is 29.9 Å². The number of aryl methyl sites for hydroxylation is 1. The fourth-order valence-electron chi connectivity index (χ4n) is 1.59. The van der Waals surface area contributed by atoms with E-state index in [1.165, 1.54) is 6.20 Å². The van der Waals surface area contributed by atoms with Crippen LogP contribution in [-0.4, -0.2) is 51.8 Å². The highest BCUT2D eigenvalue weighted by molar-refractivity contribution is 7.98. The van der Waals surface area contributed by atoms with Crippen LogP contribution in [0.3, 0.4) is 0 Å². The molecule has 0 aliphatic rings. The zero-order valence-corrected chi connectivity index (χ0v) is 13.1. The number of aliphatic hydroxyl groups is 1. The zero-order valence-electron chi connectivity index (χ0n) is 12.3. The molecule has 20 heavy (non-hydrogen) atoms. The first-order valence-electron chi connectivity index (χ1n) is 6.35. The minimum absolute atomic E-state index is 0.315. The Morgan fingerprint density at radius 2 is 2.30 bits per heavy atom. The fourth-order valence-corrected chi connectivity index (χ4v) is 2.32. The van der Waals surface area contributed by atoms with Crippen LogP contribution >= 0.6 is 11.8 Å². The first kappa shape index (κ1) is 16.7. The summed E-state index contributed by atoms with van der Waals surface area (Å²) >= 11 is 1.57. The van der Waals surface area contributed by atoms with E-state index in [9.17, 15) is 9.90 Å². The minimum Gasteiger partial charge on any atom is -0.462 e. The van der Waals surface area contributed by atoms with E-state index in [2.05, 4.69) is 15.3 Å². The van der Waals surface area contributed by atoms with Crippen LogP contribution in [0.2, 0.25) is 0 Å². The average Bonchev–Trinajstić information content (AvgIpc) is 2.36. The first-order chi connectivity index (χ1) is 9.39. The number of hydrogen-bond acceptors (Lipinski definition) is 7. The number of carbonyl (C=O) groups excluding carboxylic acids is 1. The summed E-state index contributed by atoms with van der Waals surface area (Å²) in [6, 6.07) is 0. The maximum Gasteiger partial charge on any atom is 0.341 e. The Balaban J connectivity index is 2.70. The second kappa shape index (κ2) is 7.44. The number of rotatable bonds is 7. The van der Waals surface area contributed by atoms with Crippen molar-refractivity contribution in [3.8, 4) is 0 Å². The van der Waals surface area contributed by atoms with Crippen molar-refractivity contribution in [2.24, 2.45) is 0 Å². The number of carbonyl (C=O) groups is 1. The van der Waals surface area contributed by atoms with E-state index >= 15 is 0 Å². The molecule has 1 rings (SSSR count). The molecule has 1 aromatic rings. The van der Waals surface area contributed by atoms with Crippen LogP contribution in [0, 0.1) is 6.92 Å². The predicted molar refractivity (Wildman–Crippen MR) is 80.2 cm³/mol. The summed E-state index contributed by atoms with van der Waals surface area (Å²) in [7, 11) is 0. The highest BCUT2D eigenvalue weighted by Crippen LogP contribution is 2.13. The van der Waals surface area contributed by atoms with Gasteiger partial charge in [-0.1, -0.05) is 0 Å². The molecular weight excluding hydrogens is 278 g/mol. The van der Waals surface area contributed by atoms with Gasteiger partial charge in [0, 0.05) is 18.5 Å². The molecule has 0 spiro atoms. The van der Waals surface area contributed by atoms with Crippen molar-refractivity contribution in [1.29, 1.82) is 0 Å². The van der Waals surface area contributed by atoms with Crippen LogP contribution in [-0.2, 0) is 4.74 Å². The quantitative estimate of drug-likeness (QED) is 0.738. The molecule has 7 heteroatoms. The van der Waals surface area contributed by atoms with Gasteiger partial charge in [-0.05, 0) is 27.0 Å². The summed E-state index contributed by atoms with van der Waals surface area (Å²) in [5.74, 6) is 0.572. The second-order valence-corrected chi connectivity index (χ2v) is 5.56. The predicted octanol–water partition coefficient (Wildman–Crippen LogP) is 1.49. The maximum absolute atomic E-state index is 11.6. The van der Waals surface area contributed by atoms with Crippen molar-refractivity contribution in [3.05, 3.63) is 17.5 Å². The van der Waals surface area contributed by atoms with Gasteiger partial charge in [0.1, 0.15) is 0 Å². The van der Waals surface area contributed by atoms with E-state index in [1.54, 1.807) is 32.5 Å². The van der Waals surface area contributed by atoms with Crippen LogP contribution in [0.5, 0.6) is 0 Å². The second-order valence-electron chi connectivity index (χ2n) is 4.70. The highest BCUT2D eigenvalue weighted by atomic mass is 32.2. The van der Waals surface area contributed by atoms with Gasteiger partial charge in [-0.25, -0.2) is 14.8 Å². The molecule has 0 radical (unpaired) electrons. The number of nitrogens with one attached hydrogen (secondary N) is 1. The van der Waals surface area contributed by atoms with Gasteiger partial charge in [-0.15, -0.1) is 0 Å². The van der Waals surface area contributed by atoms with Crippen molar-refractivity contribution < 1.29 is 14.6 Å². The lowest BCUT2D eigenvalue weighted by Gasteiger charge is -2.22. The summed E-state index contributed by atoms with van der Waals surface area (Å²) in [5, 5.41) is 13.0. The molecule has 1 atom stereocenters. The molecule has 1 heterocycles. The van der Waals surface area contributed by atoms with Gasteiger partial charge in [-0.3, -0.25) is 0 Å². The monoisotopic (exact) mass is 299 g/mol. The lowest BCUT2D eigenvalue weighted by Crippen LogP contribution is -2.36. The number of nitrogens with zero attached hydrogens (tertiary/aromatic N) is 2. The zero-order chi connectivity index (χ0) is 15.2. The Kier molecular flexibility index (Phi) is 6.22. The number of esters is 1. The topological polar surface area (TPSA) is 84.3 Å². The summed E-state index contributed by atoms with van der Waals surface area (Å²) < 4.78 is 4.91. The summed E-state index contributed by atoms with van der Waals surface area (Å²) in [4.78, 5) is 19.9. The van der Waals surface area contributed by atoms with Crippen molar-refractivity contribution in [2.45, 2.75) is 26.4 Å². The smallest absolute Gasteiger partial charge is 0.341 e. The molecular formula is C13H21N3O3S. The Hall–Kier alpha value is -1.34. The van der Waals surface area contributed by atoms with Gasteiger partial charge in [0.05, 0.1) is 23.5 Å². The Morgan fingerprint density at radius 1 is 1.60 bits per heavy atom. The number of anilines is 1. The van der Waals surface area contributed by atoms with Crippen molar-refractivity contribution in [3.63, 3.8) is 0 Å². The molecule has 0 aliphatic carbocycles. The molecule has 6 nitrogen and oxygen atoms in total. The molecule has 0 aliphatic heterocycles. The van der Waals surface area contributed by atoms with Gasteiger partial charge < -0.3 is 15.2 Å². The summed E-state index contributed by atoms with van der Waals surface area (Å²) in [6.07, 6.45) is 3.37. The molecule has 0 saturated carbocycles. The van der Waals surface area contributed by atoms with E-state index in [-0.39, 0.29) is 0 Å². The summed E-state index contributed by atoms with van der Waals surface area (Å²) in [5.41, 5.74) is 0.0648. The number of thioether (sulfide) groups is 1. The van der Waals surface area contributed by atoms with Gasteiger partial charge in [0.2, 0.25) is 5.95 Å². The van der Waals surface area contributed by atoms with Crippen molar-refractivity contribution >= 4 is 23.7 Å². The SMILES string of the molecule is CCOC(=O)c1cnc(NCC(C)(O)CSC)nc1C. The van der Waals surface area contributed by atoms with Gasteiger partial charge in [0.25, 0.3) is 0 Å². The molecule has 0 fully saturated rings. The van der Waals surface area contributed by atoms with E-state index in [4.69, 9.17) is 4.74 Å². The van der Waals surface area contributed by atoms with Crippen LogP contribution in [0.4, 0.5) is 5.95 Å². The largest absolute Gasteiger partial charge is 0.462 e. The van der Waals surface area contributed by atoms with E-state index in [0.717, 1.165) is 0 Å². The molecule has 0 amide bonds. The van der Waals surface area contributed by atoms with Crippen molar-refractivity contribution in [2.75, 3.05) is 30.5 Å². The van der Waals surface area contributed by atoms with Crippen LogP contribution in [0.15, 0.2) is 6.20 Å². The molecule has 0 bridgehead atoms. The third-order valence-corrected chi connectivity index (χ3v) is 3.47. The third kappa shape index (κ3) is 4.97. The molecule has 112 valence electrons. The first-order valence-corrected chi connectivity index (χ1v) is 7.75. The lowest BCUT2D eigenvalue weighted by atomic mass is 10.1. The van der Waals surface area contributed by atoms with E-state index in [1.807, 2.05) is 6.26 Å². The number of ether oxygens (including phenoxy) is 1. The van der Waals surface area contributed by atoms with Gasteiger partial charge in [0.15, 0.2) is 0 Å². The fraction of sp³-hybridized carbons (Fsp3) is 0.615. The van der Waals surface area contributed by atoms with Gasteiger partial charge in [-0.2, -0.15) is 11.8 Å². The van der Waals surface area contributed by atoms with Crippen LogP contribution in [0.25, 0.3) is 0 Å². The van der Waals surface area contributed by atoms with Gasteiger partial charge >= 0.3 is 5.97 Å². The van der Waals surface area contributed by atoms with Crippen molar-refractivity contribution in [1.82, 2.24) is 9.97 Å².